The summed E-state index contributed by atoms with van der Waals surface area (Å²) in [5.41, 5.74) is 0.597. The lowest BCUT2D eigenvalue weighted by Gasteiger charge is -2.11. The van der Waals surface area contributed by atoms with Crippen LogP contribution in [0.15, 0.2) is 5.38 Å². The van der Waals surface area contributed by atoms with E-state index in [9.17, 15) is 14.4 Å². The zero-order valence-corrected chi connectivity index (χ0v) is 14.0. The number of thiazole rings is 1. The van der Waals surface area contributed by atoms with E-state index in [0.717, 1.165) is 0 Å². The third kappa shape index (κ3) is 5.02. The molecule has 0 spiro atoms. The number of rotatable bonds is 6. The Morgan fingerprint density at radius 3 is 2.74 bits per heavy atom. The summed E-state index contributed by atoms with van der Waals surface area (Å²) in [7, 11) is 0. The number of carbonyl (C=O) groups excluding carboxylic acids is 2. The van der Waals surface area contributed by atoms with Crippen molar-refractivity contribution < 1.29 is 19.5 Å². The SMILES string of the molecule is CC(C)C(=O)Nc1nc(CC(=O)N[C@H]2CC[C@@H](C(=O)O)C2)cs1. The van der Waals surface area contributed by atoms with Gasteiger partial charge in [0.05, 0.1) is 18.0 Å². The second kappa shape index (κ2) is 7.54. The predicted molar refractivity (Wildman–Crippen MR) is 86.2 cm³/mol. The summed E-state index contributed by atoms with van der Waals surface area (Å²) in [6.45, 7) is 3.59. The van der Waals surface area contributed by atoms with Gasteiger partial charge in [-0.15, -0.1) is 11.3 Å². The first-order chi connectivity index (χ1) is 10.8. The third-order valence-corrected chi connectivity index (χ3v) is 4.60. The molecule has 1 fully saturated rings. The number of carbonyl (C=O) groups is 3. The average Bonchev–Trinajstić information content (AvgIpc) is 3.08. The number of amides is 2. The van der Waals surface area contributed by atoms with Crippen molar-refractivity contribution in [2.75, 3.05) is 5.32 Å². The topological polar surface area (TPSA) is 108 Å². The Labute approximate surface area is 138 Å². The van der Waals surface area contributed by atoms with Crippen molar-refractivity contribution in [2.24, 2.45) is 11.8 Å². The molecular formula is C15H21N3O4S. The van der Waals surface area contributed by atoms with Crippen LogP contribution in [-0.2, 0) is 20.8 Å². The van der Waals surface area contributed by atoms with E-state index in [2.05, 4.69) is 15.6 Å². The maximum Gasteiger partial charge on any atom is 0.306 e. The minimum atomic E-state index is -0.799. The minimum Gasteiger partial charge on any atom is -0.481 e. The molecule has 1 aliphatic carbocycles. The summed E-state index contributed by atoms with van der Waals surface area (Å²) in [5.74, 6) is -1.58. The summed E-state index contributed by atoms with van der Waals surface area (Å²) >= 11 is 1.28. The molecule has 7 nitrogen and oxygen atoms in total. The largest absolute Gasteiger partial charge is 0.481 e. The number of nitrogens with one attached hydrogen (secondary N) is 2. The third-order valence-electron chi connectivity index (χ3n) is 3.79. The Balaban J connectivity index is 1.81. The van der Waals surface area contributed by atoms with E-state index in [-0.39, 0.29) is 36.1 Å². The van der Waals surface area contributed by atoms with E-state index in [1.165, 1.54) is 11.3 Å². The molecule has 1 aromatic rings. The van der Waals surface area contributed by atoms with Crippen molar-refractivity contribution in [2.45, 2.75) is 45.6 Å². The molecule has 1 aromatic heterocycles. The number of aromatic nitrogens is 1. The van der Waals surface area contributed by atoms with Gasteiger partial charge in [-0.2, -0.15) is 0 Å². The van der Waals surface area contributed by atoms with E-state index in [0.29, 0.717) is 30.1 Å². The highest BCUT2D eigenvalue weighted by Crippen LogP contribution is 2.25. The quantitative estimate of drug-likeness (QED) is 0.730. The van der Waals surface area contributed by atoms with Crippen molar-refractivity contribution in [3.63, 3.8) is 0 Å². The summed E-state index contributed by atoms with van der Waals surface area (Å²) in [6, 6.07) is -0.0812. The van der Waals surface area contributed by atoms with E-state index in [1.54, 1.807) is 19.2 Å². The maximum atomic E-state index is 12.0. The van der Waals surface area contributed by atoms with Gasteiger partial charge in [-0.05, 0) is 19.3 Å². The minimum absolute atomic E-state index is 0.0812. The molecule has 23 heavy (non-hydrogen) atoms. The number of hydrogen-bond acceptors (Lipinski definition) is 5. The first kappa shape index (κ1) is 17.4. The van der Waals surface area contributed by atoms with Gasteiger partial charge in [-0.3, -0.25) is 14.4 Å². The van der Waals surface area contributed by atoms with Crippen LogP contribution in [-0.4, -0.2) is 33.9 Å². The molecule has 0 bridgehead atoms. The zero-order valence-electron chi connectivity index (χ0n) is 13.2. The second-order valence-electron chi connectivity index (χ2n) is 6.08. The van der Waals surface area contributed by atoms with Gasteiger partial charge < -0.3 is 15.7 Å². The summed E-state index contributed by atoms with van der Waals surface area (Å²) < 4.78 is 0. The molecule has 8 heteroatoms. The fourth-order valence-corrected chi connectivity index (χ4v) is 3.19. The van der Waals surface area contributed by atoms with Crippen LogP contribution >= 0.6 is 11.3 Å². The van der Waals surface area contributed by atoms with E-state index < -0.39 is 5.97 Å². The van der Waals surface area contributed by atoms with Gasteiger partial charge in [0.2, 0.25) is 11.8 Å². The first-order valence-electron chi connectivity index (χ1n) is 7.62. The Morgan fingerprint density at radius 2 is 2.13 bits per heavy atom. The molecule has 2 rings (SSSR count). The molecule has 2 atom stereocenters. The fourth-order valence-electron chi connectivity index (χ4n) is 2.48. The molecule has 3 N–H and O–H groups in total. The van der Waals surface area contributed by atoms with Crippen LogP contribution in [0, 0.1) is 11.8 Å². The molecule has 1 saturated carbocycles. The fraction of sp³-hybridized carbons (Fsp3) is 0.600. The Hall–Kier alpha value is -1.96. The lowest BCUT2D eigenvalue weighted by Crippen LogP contribution is -2.34. The van der Waals surface area contributed by atoms with Crippen molar-refractivity contribution in [1.82, 2.24) is 10.3 Å². The van der Waals surface area contributed by atoms with Crippen LogP contribution in [0.5, 0.6) is 0 Å². The Kier molecular flexibility index (Phi) is 5.70. The second-order valence-corrected chi connectivity index (χ2v) is 6.94. The number of anilines is 1. The molecular weight excluding hydrogens is 318 g/mol. The molecule has 1 aliphatic rings. The van der Waals surface area contributed by atoms with E-state index in [4.69, 9.17) is 5.11 Å². The smallest absolute Gasteiger partial charge is 0.306 e. The monoisotopic (exact) mass is 339 g/mol. The van der Waals surface area contributed by atoms with Gasteiger partial charge in [0.1, 0.15) is 0 Å². The highest BCUT2D eigenvalue weighted by Gasteiger charge is 2.30. The maximum absolute atomic E-state index is 12.0. The van der Waals surface area contributed by atoms with E-state index >= 15 is 0 Å². The molecule has 0 saturated heterocycles. The highest BCUT2D eigenvalue weighted by molar-refractivity contribution is 7.13. The van der Waals surface area contributed by atoms with E-state index in [1.807, 2.05) is 0 Å². The normalized spacial score (nSPS) is 20.5. The lowest BCUT2D eigenvalue weighted by molar-refractivity contribution is -0.141. The van der Waals surface area contributed by atoms with Gasteiger partial charge in [-0.1, -0.05) is 13.8 Å². The van der Waals surface area contributed by atoms with Gasteiger partial charge in [0.15, 0.2) is 5.13 Å². The molecule has 2 amide bonds. The Bertz CT molecular complexity index is 599. The molecule has 1 heterocycles. The van der Waals surface area contributed by atoms with Crippen molar-refractivity contribution in [3.05, 3.63) is 11.1 Å². The number of carboxylic acid groups (broad SMARTS) is 1. The zero-order chi connectivity index (χ0) is 17.0. The number of nitrogens with zero attached hydrogens (tertiary/aromatic N) is 1. The standard InChI is InChI=1S/C15H21N3O4S/c1-8(2)13(20)18-15-17-11(7-23-15)6-12(19)16-10-4-3-9(5-10)14(21)22/h7-10H,3-6H2,1-2H3,(H,16,19)(H,21,22)(H,17,18,20)/t9-,10+/m1/s1. The van der Waals surface area contributed by atoms with Gasteiger partial charge >= 0.3 is 5.97 Å². The molecule has 0 aliphatic heterocycles. The molecule has 126 valence electrons. The van der Waals surface area contributed by atoms with Gasteiger partial charge in [0.25, 0.3) is 0 Å². The van der Waals surface area contributed by atoms with Crippen LogP contribution < -0.4 is 10.6 Å². The molecule has 0 radical (unpaired) electrons. The first-order valence-corrected chi connectivity index (χ1v) is 8.50. The number of hydrogen-bond donors (Lipinski definition) is 3. The van der Waals surface area contributed by atoms with Crippen LogP contribution in [0.2, 0.25) is 0 Å². The summed E-state index contributed by atoms with van der Waals surface area (Å²) in [4.78, 5) is 38.7. The number of carboxylic acids is 1. The Morgan fingerprint density at radius 1 is 1.39 bits per heavy atom. The molecule has 0 unspecified atom stereocenters. The van der Waals surface area contributed by atoms with Crippen LogP contribution in [0.3, 0.4) is 0 Å². The van der Waals surface area contributed by atoms with Crippen LogP contribution in [0.4, 0.5) is 5.13 Å². The van der Waals surface area contributed by atoms with Gasteiger partial charge in [0, 0.05) is 17.3 Å². The van der Waals surface area contributed by atoms with Crippen molar-refractivity contribution in [1.29, 1.82) is 0 Å². The molecule has 0 aromatic carbocycles. The van der Waals surface area contributed by atoms with Crippen molar-refractivity contribution in [3.8, 4) is 0 Å². The average molecular weight is 339 g/mol. The van der Waals surface area contributed by atoms with Crippen molar-refractivity contribution >= 4 is 34.3 Å². The summed E-state index contributed by atoms with van der Waals surface area (Å²) in [6.07, 6.45) is 1.90. The van der Waals surface area contributed by atoms with Crippen LogP contribution in [0.25, 0.3) is 0 Å². The summed E-state index contributed by atoms with van der Waals surface area (Å²) in [5, 5.41) is 16.7. The highest BCUT2D eigenvalue weighted by atomic mass is 32.1. The number of aliphatic carboxylic acids is 1. The lowest BCUT2D eigenvalue weighted by atomic mass is 10.1. The van der Waals surface area contributed by atoms with Gasteiger partial charge in [-0.25, -0.2) is 4.98 Å². The predicted octanol–water partition coefficient (Wildman–Crippen LogP) is 1.65. The van der Waals surface area contributed by atoms with Crippen LogP contribution in [0.1, 0.15) is 38.8 Å².